The van der Waals surface area contributed by atoms with Gasteiger partial charge in [0.05, 0.1) is 11.3 Å². The normalized spacial score (nSPS) is 11.9. The highest BCUT2D eigenvalue weighted by atomic mass is 35.5. The van der Waals surface area contributed by atoms with Crippen LogP contribution in [0, 0.1) is 11.8 Å². The number of hydrogen-bond acceptors (Lipinski definition) is 3. The van der Waals surface area contributed by atoms with Gasteiger partial charge in [-0.1, -0.05) is 56.3 Å². The molecule has 1 heterocycles. The second-order valence-corrected chi connectivity index (χ2v) is 10.4. The summed E-state index contributed by atoms with van der Waals surface area (Å²) in [5.74, 6) is 6.18. The van der Waals surface area contributed by atoms with Crippen molar-refractivity contribution in [1.82, 2.24) is 0 Å². The first kappa shape index (κ1) is 18.1. The molecule has 0 unspecified atom stereocenters. The van der Waals surface area contributed by atoms with Crippen molar-refractivity contribution in [3.8, 4) is 11.8 Å². The monoisotopic (exact) mass is 366 g/mol. The summed E-state index contributed by atoms with van der Waals surface area (Å²) in [6.07, 6.45) is 1.23. The van der Waals surface area contributed by atoms with E-state index in [1.54, 1.807) is 23.5 Å². The van der Waals surface area contributed by atoms with Crippen LogP contribution in [0.25, 0.3) is 0 Å². The van der Waals surface area contributed by atoms with E-state index in [9.17, 15) is 8.42 Å². The van der Waals surface area contributed by atoms with Crippen molar-refractivity contribution in [2.75, 3.05) is 6.26 Å². The summed E-state index contributed by atoms with van der Waals surface area (Å²) in [6.45, 7) is 6.42. The van der Waals surface area contributed by atoms with E-state index < -0.39 is 9.84 Å². The lowest BCUT2D eigenvalue weighted by Gasteiger charge is -2.14. The zero-order chi connectivity index (χ0) is 17.3. The van der Waals surface area contributed by atoms with Gasteiger partial charge < -0.3 is 0 Å². The third-order valence-corrected chi connectivity index (χ3v) is 5.77. The van der Waals surface area contributed by atoms with Gasteiger partial charge in [-0.2, -0.15) is 0 Å². The Morgan fingerprint density at radius 2 is 1.87 bits per heavy atom. The van der Waals surface area contributed by atoms with Gasteiger partial charge in [-0.3, -0.25) is 0 Å². The zero-order valence-electron chi connectivity index (χ0n) is 13.6. The topological polar surface area (TPSA) is 34.1 Å². The Balaban J connectivity index is 2.29. The second kappa shape index (κ2) is 6.68. The molecule has 2 aromatic rings. The Morgan fingerprint density at radius 3 is 2.43 bits per heavy atom. The molecule has 0 spiro atoms. The first-order valence-corrected chi connectivity index (χ1v) is 10.4. The van der Waals surface area contributed by atoms with Crippen LogP contribution < -0.4 is 0 Å². The number of rotatable bonds is 2. The molecule has 1 aromatic heterocycles. The summed E-state index contributed by atoms with van der Waals surface area (Å²) in [5, 5.41) is 0. The largest absolute Gasteiger partial charge is 0.229 e. The van der Waals surface area contributed by atoms with E-state index in [0.717, 1.165) is 16.7 Å². The van der Waals surface area contributed by atoms with Crippen LogP contribution >= 0.6 is 22.9 Å². The van der Waals surface area contributed by atoms with Crippen LogP contribution in [0.3, 0.4) is 0 Å². The van der Waals surface area contributed by atoms with E-state index in [1.807, 2.05) is 18.2 Å². The fourth-order valence-corrected chi connectivity index (χ4v) is 4.04. The van der Waals surface area contributed by atoms with Crippen LogP contribution in [0.5, 0.6) is 0 Å². The minimum Gasteiger partial charge on any atom is -0.229 e. The second-order valence-electron chi connectivity index (χ2n) is 6.57. The highest BCUT2D eigenvalue weighted by Crippen LogP contribution is 2.35. The summed E-state index contributed by atoms with van der Waals surface area (Å²) < 4.78 is 23.5. The summed E-state index contributed by atoms with van der Waals surface area (Å²) in [4.78, 5) is 1.19. The number of benzene rings is 1. The number of thiophene rings is 1. The standard InChI is InChI=1S/C18H19ClO2S2/c1-18(2,3)16-11-15(17(19)22-16)9-8-13-6-5-7-14(10-13)12-23(4,20)21/h5-7,10-11H,12H2,1-4H3. The third kappa shape index (κ3) is 5.39. The number of sulfone groups is 1. The van der Waals surface area contributed by atoms with Gasteiger partial charge in [-0.15, -0.1) is 11.3 Å². The van der Waals surface area contributed by atoms with Gasteiger partial charge in [0.15, 0.2) is 9.84 Å². The molecule has 5 heteroatoms. The van der Waals surface area contributed by atoms with E-state index in [0.29, 0.717) is 4.34 Å². The average molecular weight is 367 g/mol. The van der Waals surface area contributed by atoms with Gasteiger partial charge in [0.1, 0.15) is 4.34 Å². The van der Waals surface area contributed by atoms with Gasteiger partial charge in [0, 0.05) is 16.7 Å². The van der Waals surface area contributed by atoms with Crippen LogP contribution in [0.2, 0.25) is 4.34 Å². The van der Waals surface area contributed by atoms with Crippen molar-refractivity contribution >= 4 is 32.8 Å². The van der Waals surface area contributed by atoms with Crippen molar-refractivity contribution in [3.63, 3.8) is 0 Å². The summed E-state index contributed by atoms with van der Waals surface area (Å²) >= 11 is 7.82. The summed E-state index contributed by atoms with van der Waals surface area (Å²) in [6, 6.07) is 9.31. The Morgan fingerprint density at radius 1 is 1.17 bits per heavy atom. The molecule has 2 rings (SSSR count). The molecule has 0 saturated carbocycles. The molecule has 0 fully saturated rings. The average Bonchev–Trinajstić information content (AvgIpc) is 2.76. The van der Waals surface area contributed by atoms with Crippen molar-refractivity contribution in [3.05, 3.63) is 56.2 Å². The minimum atomic E-state index is -3.05. The molecule has 0 radical (unpaired) electrons. The van der Waals surface area contributed by atoms with Crippen LogP contribution in [0.15, 0.2) is 30.3 Å². The first-order chi connectivity index (χ1) is 10.5. The van der Waals surface area contributed by atoms with Gasteiger partial charge in [0.2, 0.25) is 0 Å². The Kier molecular flexibility index (Phi) is 5.25. The SMILES string of the molecule is CC(C)(C)c1cc(C#Cc2cccc(CS(C)(=O)=O)c2)c(Cl)s1. The fraction of sp³-hybridized carbons (Fsp3) is 0.333. The van der Waals surface area contributed by atoms with Crippen LogP contribution in [0.1, 0.15) is 42.3 Å². The Hall–Kier alpha value is -1.28. The van der Waals surface area contributed by atoms with E-state index in [1.165, 1.54) is 11.1 Å². The van der Waals surface area contributed by atoms with Crippen LogP contribution in [-0.4, -0.2) is 14.7 Å². The molecule has 0 amide bonds. The van der Waals surface area contributed by atoms with Crippen molar-refractivity contribution in [2.24, 2.45) is 0 Å². The lowest BCUT2D eigenvalue weighted by atomic mass is 9.94. The number of hydrogen-bond donors (Lipinski definition) is 0. The van der Waals surface area contributed by atoms with E-state index in [-0.39, 0.29) is 11.2 Å². The maximum absolute atomic E-state index is 11.4. The lowest BCUT2D eigenvalue weighted by Crippen LogP contribution is -2.07. The van der Waals surface area contributed by atoms with Crippen molar-refractivity contribution < 1.29 is 8.42 Å². The maximum Gasteiger partial charge on any atom is 0.151 e. The summed E-state index contributed by atoms with van der Waals surface area (Å²) in [7, 11) is -3.05. The first-order valence-electron chi connectivity index (χ1n) is 7.13. The molecule has 0 aliphatic heterocycles. The van der Waals surface area contributed by atoms with E-state index in [2.05, 4.69) is 32.6 Å². The fourth-order valence-electron chi connectivity index (χ4n) is 2.00. The quantitative estimate of drug-likeness (QED) is 0.725. The van der Waals surface area contributed by atoms with E-state index >= 15 is 0 Å². The van der Waals surface area contributed by atoms with Gasteiger partial charge in [-0.05, 0) is 29.2 Å². The molecule has 0 N–H and O–H groups in total. The zero-order valence-corrected chi connectivity index (χ0v) is 16.0. The molecule has 0 aliphatic carbocycles. The predicted molar refractivity (Wildman–Crippen MR) is 99.0 cm³/mol. The van der Waals surface area contributed by atoms with Gasteiger partial charge >= 0.3 is 0 Å². The molecular weight excluding hydrogens is 348 g/mol. The van der Waals surface area contributed by atoms with Crippen molar-refractivity contribution in [2.45, 2.75) is 31.9 Å². The summed E-state index contributed by atoms with van der Waals surface area (Å²) in [5.41, 5.74) is 2.39. The molecule has 2 nitrogen and oxygen atoms in total. The Bertz CT molecular complexity index is 876. The highest BCUT2D eigenvalue weighted by molar-refractivity contribution is 7.89. The molecule has 0 aliphatic rings. The van der Waals surface area contributed by atoms with Crippen molar-refractivity contribution in [1.29, 1.82) is 0 Å². The van der Waals surface area contributed by atoms with E-state index in [4.69, 9.17) is 11.6 Å². The highest BCUT2D eigenvalue weighted by Gasteiger charge is 2.18. The molecule has 0 bridgehead atoms. The molecule has 0 saturated heterocycles. The third-order valence-electron chi connectivity index (χ3n) is 3.12. The molecule has 1 aromatic carbocycles. The van der Waals surface area contributed by atoms with Crippen LogP contribution in [0.4, 0.5) is 0 Å². The van der Waals surface area contributed by atoms with Gasteiger partial charge in [-0.25, -0.2) is 8.42 Å². The molecule has 23 heavy (non-hydrogen) atoms. The minimum absolute atomic E-state index is 0.0237. The predicted octanol–water partition coefficient (Wildman–Crippen LogP) is 4.64. The number of halogens is 1. The molecular formula is C18H19ClO2S2. The Labute approximate surface area is 147 Å². The maximum atomic E-state index is 11.4. The van der Waals surface area contributed by atoms with Crippen LogP contribution in [-0.2, 0) is 21.0 Å². The molecule has 0 atom stereocenters. The van der Waals surface area contributed by atoms with Gasteiger partial charge in [0.25, 0.3) is 0 Å². The smallest absolute Gasteiger partial charge is 0.151 e. The lowest BCUT2D eigenvalue weighted by molar-refractivity contribution is 0.601. The molecule has 122 valence electrons.